The fraction of sp³-hybridized carbons (Fsp3) is 0.750. The number of hydrogen-bond acceptors (Lipinski definition) is 4. The van der Waals surface area contributed by atoms with Gasteiger partial charge in [-0.05, 0) is 27.7 Å². The molecule has 0 aromatic carbocycles. The number of azo groups is 1. The van der Waals surface area contributed by atoms with E-state index >= 15 is 0 Å². The minimum atomic E-state index is -1.12. The number of halogens is 2. The second kappa shape index (κ2) is 6.65. The maximum Gasteiger partial charge on any atom is 0.246 e. The number of rotatable bonds is 4. The van der Waals surface area contributed by atoms with E-state index in [1.165, 1.54) is 27.7 Å². The predicted octanol–water partition coefficient (Wildman–Crippen LogP) is 0.810. The minimum absolute atomic E-state index is 0. The standard InChI is InChI=1S/C8H16N4O2.2ClH/c1-7(2,5(9)13)11-12-8(3,4)6(10)14;;/h1-4H3,(H2,9,13)(H2,10,14);2*1H/b12-11+;;. The zero-order valence-corrected chi connectivity index (χ0v) is 11.3. The Morgan fingerprint density at radius 2 is 1.00 bits per heavy atom. The van der Waals surface area contributed by atoms with Crippen LogP contribution >= 0.6 is 24.8 Å². The molecule has 0 unspecified atom stereocenters. The Hall–Kier alpha value is -0.880. The third-order valence-corrected chi connectivity index (χ3v) is 1.76. The Morgan fingerprint density at radius 3 is 1.12 bits per heavy atom. The molecule has 16 heavy (non-hydrogen) atoms. The van der Waals surface area contributed by atoms with Gasteiger partial charge in [0, 0.05) is 0 Å². The zero-order chi connectivity index (χ0) is 11.6. The molecule has 0 aliphatic rings. The Morgan fingerprint density at radius 1 is 0.812 bits per heavy atom. The van der Waals surface area contributed by atoms with Gasteiger partial charge in [-0.3, -0.25) is 9.59 Å². The monoisotopic (exact) mass is 272 g/mol. The maximum atomic E-state index is 10.9. The fourth-order valence-corrected chi connectivity index (χ4v) is 0.349. The molecular weight excluding hydrogens is 255 g/mol. The molecule has 0 spiro atoms. The van der Waals surface area contributed by atoms with E-state index in [0.717, 1.165) is 0 Å². The van der Waals surface area contributed by atoms with Crippen molar-refractivity contribution in [1.29, 1.82) is 0 Å². The number of carbonyl (C=O) groups is 2. The van der Waals surface area contributed by atoms with Gasteiger partial charge in [0.05, 0.1) is 0 Å². The summed E-state index contributed by atoms with van der Waals surface area (Å²) in [5.74, 6) is -1.22. The molecule has 2 amide bonds. The molecule has 0 heterocycles. The van der Waals surface area contributed by atoms with Crippen LogP contribution in [-0.4, -0.2) is 22.9 Å². The van der Waals surface area contributed by atoms with Crippen LogP contribution in [0.2, 0.25) is 0 Å². The number of primary amides is 2. The molecule has 0 saturated carbocycles. The van der Waals surface area contributed by atoms with Gasteiger partial charge >= 0.3 is 0 Å². The van der Waals surface area contributed by atoms with Crippen LogP contribution < -0.4 is 11.5 Å². The summed E-state index contributed by atoms with van der Waals surface area (Å²) in [6, 6.07) is 0. The Labute approximate surface area is 107 Å². The van der Waals surface area contributed by atoms with E-state index in [-0.39, 0.29) is 24.8 Å². The summed E-state index contributed by atoms with van der Waals surface area (Å²) in [5.41, 5.74) is 7.90. The molecule has 0 atom stereocenters. The highest BCUT2D eigenvalue weighted by molar-refractivity contribution is 5.86. The van der Waals surface area contributed by atoms with Crippen LogP contribution in [0.25, 0.3) is 0 Å². The smallest absolute Gasteiger partial charge is 0.246 e. The highest BCUT2D eigenvalue weighted by Crippen LogP contribution is 2.14. The lowest BCUT2D eigenvalue weighted by Crippen LogP contribution is -2.39. The van der Waals surface area contributed by atoms with Gasteiger partial charge in [-0.15, -0.1) is 24.8 Å². The highest BCUT2D eigenvalue weighted by Gasteiger charge is 2.29. The van der Waals surface area contributed by atoms with Gasteiger partial charge in [-0.25, -0.2) is 0 Å². The molecule has 4 N–H and O–H groups in total. The molecule has 0 bridgehead atoms. The van der Waals surface area contributed by atoms with E-state index in [4.69, 9.17) is 11.5 Å². The lowest BCUT2D eigenvalue weighted by molar-refractivity contribution is -0.124. The van der Waals surface area contributed by atoms with Crippen molar-refractivity contribution in [2.24, 2.45) is 21.7 Å². The van der Waals surface area contributed by atoms with E-state index in [0.29, 0.717) is 0 Å². The van der Waals surface area contributed by atoms with Gasteiger partial charge < -0.3 is 11.5 Å². The summed E-state index contributed by atoms with van der Waals surface area (Å²) in [7, 11) is 0. The first-order chi connectivity index (χ1) is 6.09. The molecule has 0 rings (SSSR count). The number of amides is 2. The SMILES string of the molecule is CC(C)(/N=N/C(C)(C)C(N)=O)C(N)=O.Cl.Cl. The molecule has 96 valence electrons. The first-order valence-electron chi connectivity index (χ1n) is 4.13. The number of carbonyl (C=O) groups excluding carboxylic acids is 2. The van der Waals surface area contributed by atoms with Crippen molar-refractivity contribution < 1.29 is 9.59 Å². The molecule has 0 saturated heterocycles. The molecular formula is C8H18Cl2N4O2. The number of nitrogens with two attached hydrogens (primary N) is 2. The summed E-state index contributed by atoms with van der Waals surface area (Å²) in [6.07, 6.45) is 0. The first kappa shape index (κ1) is 20.5. The van der Waals surface area contributed by atoms with Gasteiger partial charge in [0.25, 0.3) is 0 Å². The Kier molecular flexibility index (Phi) is 8.53. The van der Waals surface area contributed by atoms with Crippen LogP contribution in [0.3, 0.4) is 0 Å². The van der Waals surface area contributed by atoms with Crippen molar-refractivity contribution in [3.8, 4) is 0 Å². The average molecular weight is 273 g/mol. The maximum absolute atomic E-state index is 10.9. The molecule has 8 heteroatoms. The van der Waals surface area contributed by atoms with Crippen LogP contribution in [0.4, 0.5) is 0 Å². The van der Waals surface area contributed by atoms with Gasteiger partial charge in [0.2, 0.25) is 11.8 Å². The molecule has 0 radical (unpaired) electrons. The van der Waals surface area contributed by atoms with Crippen molar-refractivity contribution in [3.05, 3.63) is 0 Å². The molecule has 0 aromatic heterocycles. The second-order valence-electron chi connectivity index (χ2n) is 4.05. The summed E-state index contributed by atoms with van der Waals surface area (Å²) < 4.78 is 0. The van der Waals surface area contributed by atoms with E-state index in [1.54, 1.807) is 0 Å². The van der Waals surface area contributed by atoms with E-state index in [1.807, 2.05) is 0 Å². The quantitative estimate of drug-likeness (QED) is 0.738. The van der Waals surface area contributed by atoms with E-state index < -0.39 is 22.9 Å². The van der Waals surface area contributed by atoms with Crippen LogP contribution in [0.5, 0.6) is 0 Å². The zero-order valence-electron chi connectivity index (χ0n) is 9.68. The average Bonchev–Trinajstić information content (AvgIpc) is 2.01. The Balaban J connectivity index is -0.000000845. The fourth-order valence-electron chi connectivity index (χ4n) is 0.349. The van der Waals surface area contributed by atoms with Gasteiger partial charge in [-0.2, -0.15) is 10.2 Å². The van der Waals surface area contributed by atoms with Crippen LogP contribution in [-0.2, 0) is 9.59 Å². The third kappa shape index (κ3) is 5.87. The highest BCUT2D eigenvalue weighted by atomic mass is 35.5. The first-order valence-corrected chi connectivity index (χ1v) is 4.13. The molecule has 0 aliphatic carbocycles. The summed E-state index contributed by atoms with van der Waals surface area (Å²) >= 11 is 0. The van der Waals surface area contributed by atoms with E-state index in [2.05, 4.69) is 10.2 Å². The van der Waals surface area contributed by atoms with Crippen molar-refractivity contribution in [1.82, 2.24) is 0 Å². The van der Waals surface area contributed by atoms with Crippen molar-refractivity contribution >= 4 is 36.6 Å². The molecule has 0 aromatic rings. The number of nitrogens with zero attached hydrogens (tertiary/aromatic N) is 2. The lowest BCUT2D eigenvalue weighted by atomic mass is 10.1. The van der Waals surface area contributed by atoms with Crippen molar-refractivity contribution in [2.45, 2.75) is 38.8 Å². The van der Waals surface area contributed by atoms with Crippen molar-refractivity contribution in [2.75, 3.05) is 0 Å². The topological polar surface area (TPSA) is 111 Å². The summed E-state index contributed by atoms with van der Waals surface area (Å²) in [4.78, 5) is 21.7. The molecule has 6 nitrogen and oxygen atoms in total. The molecule has 0 fully saturated rings. The van der Waals surface area contributed by atoms with Gasteiger partial charge in [-0.1, -0.05) is 0 Å². The lowest BCUT2D eigenvalue weighted by Gasteiger charge is -2.17. The third-order valence-electron chi connectivity index (χ3n) is 1.76. The van der Waals surface area contributed by atoms with Gasteiger partial charge in [0.15, 0.2) is 11.1 Å². The normalized spacial score (nSPS) is 11.5. The molecule has 0 aliphatic heterocycles. The van der Waals surface area contributed by atoms with E-state index in [9.17, 15) is 9.59 Å². The summed E-state index contributed by atoms with van der Waals surface area (Å²) in [6.45, 7) is 6.04. The predicted molar refractivity (Wildman–Crippen MR) is 65.9 cm³/mol. The minimum Gasteiger partial charge on any atom is -0.368 e. The number of hydrogen-bond donors (Lipinski definition) is 2. The van der Waals surface area contributed by atoms with Crippen LogP contribution in [0, 0.1) is 0 Å². The van der Waals surface area contributed by atoms with Crippen LogP contribution in [0.15, 0.2) is 10.2 Å². The summed E-state index contributed by atoms with van der Waals surface area (Å²) in [5, 5.41) is 7.40. The van der Waals surface area contributed by atoms with Gasteiger partial charge in [0.1, 0.15) is 0 Å². The Bertz CT molecular complexity index is 262. The van der Waals surface area contributed by atoms with Crippen molar-refractivity contribution in [3.63, 3.8) is 0 Å². The largest absolute Gasteiger partial charge is 0.368 e. The van der Waals surface area contributed by atoms with Crippen LogP contribution in [0.1, 0.15) is 27.7 Å². The second-order valence-corrected chi connectivity index (χ2v) is 4.05.